The smallest absolute Gasteiger partial charge is 0.311 e. The van der Waals surface area contributed by atoms with Crippen molar-refractivity contribution < 1.29 is 4.92 Å². The summed E-state index contributed by atoms with van der Waals surface area (Å²) in [6.45, 7) is 5.72. The van der Waals surface area contributed by atoms with Crippen molar-refractivity contribution in [2.75, 3.05) is 18.0 Å². The first kappa shape index (κ1) is 13.9. The first-order chi connectivity index (χ1) is 8.11. The summed E-state index contributed by atoms with van der Waals surface area (Å²) in [4.78, 5) is 16.5. The number of hydrogen-bond acceptors (Lipinski definition) is 4. The monoisotopic (exact) mass is 301 g/mol. The SMILES string of the molecule is CCCN(CCC)c1c(Br)cncc1[N+](=O)[O-]. The van der Waals surface area contributed by atoms with Crippen LogP contribution in [0.15, 0.2) is 16.9 Å². The highest BCUT2D eigenvalue weighted by molar-refractivity contribution is 9.10. The van der Waals surface area contributed by atoms with E-state index in [1.54, 1.807) is 6.20 Å². The lowest BCUT2D eigenvalue weighted by Gasteiger charge is -2.24. The van der Waals surface area contributed by atoms with Crippen molar-refractivity contribution in [1.82, 2.24) is 4.98 Å². The Kier molecular flexibility index (Phi) is 5.34. The number of nitrogens with zero attached hydrogens (tertiary/aromatic N) is 3. The third-order valence-corrected chi connectivity index (χ3v) is 2.93. The molecule has 0 aliphatic carbocycles. The van der Waals surface area contributed by atoms with Gasteiger partial charge in [0.15, 0.2) is 0 Å². The van der Waals surface area contributed by atoms with Gasteiger partial charge in [-0.25, -0.2) is 0 Å². The lowest BCUT2D eigenvalue weighted by molar-refractivity contribution is -0.384. The quantitative estimate of drug-likeness (QED) is 0.597. The van der Waals surface area contributed by atoms with Gasteiger partial charge in [-0.2, -0.15) is 0 Å². The number of nitro groups is 1. The van der Waals surface area contributed by atoms with Crippen molar-refractivity contribution in [3.05, 3.63) is 27.0 Å². The largest absolute Gasteiger partial charge is 0.365 e. The number of halogens is 1. The molecule has 0 radical (unpaired) electrons. The third kappa shape index (κ3) is 3.39. The Labute approximate surface area is 109 Å². The molecule has 0 saturated heterocycles. The Bertz CT molecular complexity index is 392. The number of hydrogen-bond donors (Lipinski definition) is 0. The van der Waals surface area contributed by atoms with E-state index in [1.165, 1.54) is 6.20 Å². The van der Waals surface area contributed by atoms with E-state index in [-0.39, 0.29) is 10.6 Å². The summed E-state index contributed by atoms with van der Waals surface area (Å²) in [5.41, 5.74) is 0.690. The Morgan fingerprint density at radius 1 is 1.35 bits per heavy atom. The summed E-state index contributed by atoms with van der Waals surface area (Å²) < 4.78 is 0.675. The fraction of sp³-hybridized carbons (Fsp3) is 0.545. The zero-order valence-electron chi connectivity index (χ0n) is 10.0. The minimum atomic E-state index is -0.384. The van der Waals surface area contributed by atoms with Crippen molar-refractivity contribution in [3.8, 4) is 0 Å². The normalized spacial score (nSPS) is 10.3. The van der Waals surface area contributed by atoms with Crippen LogP contribution >= 0.6 is 15.9 Å². The standard InChI is InChI=1S/C11H16BrN3O2/c1-3-5-14(6-4-2)11-9(12)7-13-8-10(11)15(16)17/h7-8H,3-6H2,1-2H3. The van der Waals surface area contributed by atoms with Gasteiger partial charge < -0.3 is 4.90 Å². The second kappa shape index (κ2) is 6.54. The van der Waals surface area contributed by atoms with Crippen molar-refractivity contribution in [3.63, 3.8) is 0 Å². The second-order valence-electron chi connectivity index (χ2n) is 3.73. The molecule has 0 aromatic carbocycles. The maximum Gasteiger partial charge on any atom is 0.311 e. The molecule has 0 fully saturated rings. The highest BCUT2D eigenvalue weighted by atomic mass is 79.9. The lowest BCUT2D eigenvalue weighted by Crippen LogP contribution is -2.26. The maximum absolute atomic E-state index is 11.0. The molecule has 0 aliphatic rings. The van der Waals surface area contributed by atoms with Crippen LogP contribution in [0.5, 0.6) is 0 Å². The average Bonchev–Trinajstić information content (AvgIpc) is 2.28. The molecule has 17 heavy (non-hydrogen) atoms. The molecule has 0 saturated carbocycles. The zero-order chi connectivity index (χ0) is 12.8. The zero-order valence-corrected chi connectivity index (χ0v) is 11.6. The van der Waals surface area contributed by atoms with E-state index in [4.69, 9.17) is 0 Å². The molecule has 1 rings (SSSR count). The van der Waals surface area contributed by atoms with Crippen LogP contribution in [-0.2, 0) is 0 Å². The highest BCUT2D eigenvalue weighted by Gasteiger charge is 2.22. The molecule has 0 bridgehead atoms. The fourth-order valence-electron chi connectivity index (χ4n) is 1.74. The van der Waals surface area contributed by atoms with Crippen LogP contribution in [0.2, 0.25) is 0 Å². The number of pyridine rings is 1. The molecule has 5 nitrogen and oxygen atoms in total. The Hall–Kier alpha value is -1.17. The van der Waals surface area contributed by atoms with Crippen molar-refractivity contribution in [2.45, 2.75) is 26.7 Å². The van der Waals surface area contributed by atoms with Crippen LogP contribution in [-0.4, -0.2) is 23.0 Å². The first-order valence-corrected chi connectivity index (χ1v) is 6.43. The number of anilines is 1. The summed E-state index contributed by atoms with van der Waals surface area (Å²) in [5, 5.41) is 11.0. The van der Waals surface area contributed by atoms with Crippen LogP contribution in [0, 0.1) is 10.1 Å². The van der Waals surface area contributed by atoms with E-state index >= 15 is 0 Å². The summed E-state index contributed by atoms with van der Waals surface area (Å²) in [6, 6.07) is 0. The van der Waals surface area contributed by atoms with Gasteiger partial charge in [0.1, 0.15) is 11.9 Å². The average molecular weight is 302 g/mol. The second-order valence-corrected chi connectivity index (χ2v) is 4.59. The van der Waals surface area contributed by atoms with Crippen LogP contribution in [0.25, 0.3) is 0 Å². The van der Waals surface area contributed by atoms with E-state index in [0.717, 1.165) is 25.9 Å². The van der Waals surface area contributed by atoms with E-state index in [9.17, 15) is 10.1 Å². The molecular formula is C11H16BrN3O2. The minimum Gasteiger partial charge on any atom is -0.365 e. The van der Waals surface area contributed by atoms with Crippen LogP contribution in [0.3, 0.4) is 0 Å². The van der Waals surface area contributed by atoms with Crippen molar-refractivity contribution in [2.24, 2.45) is 0 Å². The predicted molar refractivity (Wildman–Crippen MR) is 71.4 cm³/mol. The van der Waals surface area contributed by atoms with Gasteiger partial charge in [-0.1, -0.05) is 13.8 Å². The van der Waals surface area contributed by atoms with Gasteiger partial charge in [0, 0.05) is 19.3 Å². The molecular weight excluding hydrogens is 286 g/mol. The molecule has 1 aromatic rings. The van der Waals surface area contributed by atoms with Crippen LogP contribution < -0.4 is 4.90 Å². The van der Waals surface area contributed by atoms with Gasteiger partial charge in [0.25, 0.3) is 0 Å². The first-order valence-electron chi connectivity index (χ1n) is 5.64. The molecule has 94 valence electrons. The van der Waals surface area contributed by atoms with E-state index in [2.05, 4.69) is 34.8 Å². The summed E-state index contributed by atoms with van der Waals surface area (Å²) in [5.74, 6) is 0. The van der Waals surface area contributed by atoms with Crippen molar-refractivity contribution >= 4 is 27.3 Å². The summed E-state index contributed by atoms with van der Waals surface area (Å²) in [7, 11) is 0. The Morgan fingerprint density at radius 3 is 2.41 bits per heavy atom. The van der Waals surface area contributed by atoms with Gasteiger partial charge in [-0.3, -0.25) is 15.1 Å². The van der Waals surface area contributed by atoms with Gasteiger partial charge in [0.05, 0.1) is 9.40 Å². The third-order valence-electron chi connectivity index (χ3n) is 2.35. The lowest BCUT2D eigenvalue weighted by atomic mass is 10.2. The number of rotatable bonds is 6. The van der Waals surface area contributed by atoms with Crippen molar-refractivity contribution in [1.29, 1.82) is 0 Å². The van der Waals surface area contributed by atoms with E-state index < -0.39 is 0 Å². The molecule has 0 aliphatic heterocycles. The van der Waals surface area contributed by atoms with Gasteiger partial charge >= 0.3 is 5.69 Å². The molecule has 0 unspecified atom stereocenters. The van der Waals surface area contributed by atoms with E-state index in [0.29, 0.717) is 10.2 Å². The van der Waals surface area contributed by atoms with Crippen LogP contribution in [0.4, 0.5) is 11.4 Å². The summed E-state index contributed by atoms with van der Waals surface area (Å²) >= 11 is 3.35. The van der Waals surface area contributed by atoms with Gasteiger partial charge in [-0.15, -0.1) is 0 Å². The molecule has 1 aromatic heterocycles. The molecule has 0 atom stereocenters. The highest BCUT2D eigenvalue weighted by Crippen LogP contribution is 2.34. The predicted octanol–water partition coefficient (Wildman–Crippen LogP) is 3.38. The minimum absolute atomic E-state index is 0.0567. The van der Waals surface area contributed by atoms with E-state index in [1.807, 2.05) is 4.90 Å². The maximum atomic E-state index is 11.0. The van der Waals surface area contributed by atoms with Gasteiger partial charge in [0.2, 0.25) is 0 Å². The molecule has 0 amide bonds. The Balaban J connectivity index is 3.19. The van der Waals surface area contributed by atoms with Gasteiger partial charge in [-0.05, 0) is 28.8 Å². The molecule has 1 heterocycles. The van der Waals surface area contributed by atoms with Crippen LogP contribution in [0.1, 0.15) is 26.7 Å². The fourth-order valence-corrected chi connectivity index (χ4v) is 2.31. The molecule has 6 heteroatoms. The summed E-state index contributed by atoms with van der Waals surface area (Å²) in [6.07, 6.45) is 4.80. The number of aromatic nitrogens is 1. The Morgan fingerprint density at radius 2 is 1.94 bits per heavy atom. The molecule has 0 N–H and O–H groups in total. The molecule has 0 spiro atoms. The topological polar surface area (TPSA) is 59.3 Å².